The van der Waals surface area contributed by atoms with Crippen molar-refractivity contribution in [2.24, 2.45) is 0 Å². The predicted molar refractivity (Wildman–Crippen MR) is 61.5 cm³/mol. The number of benzene rings is 1. The number of hydrogen-bond donors (Lipinski definition) is 2. The molecule has 82 valence electrons. The van der Waals surface area contributed by atoms with Crippen LogP contribution < -0.4 is 11.1 Å². The van der Waals surface area contributed by atoms with Gasteiger partial charge in [-0.25, -0.2) is 0 Å². The second-order valence-electron chi connectivity index (χ2n) is 2.85. The number of nitrogens with one attached hydrogen (secondary N) is 1. The van der Waals surface area contributed by atoms with Crippen molar-refractivity contribution in [3.05, 3.63) is 28.8 Å². The summed E-state index contributed by atoms with van der Waals surface area (Å²) in [5, 5.41) is 10.2. The minimum atomic E-state index is -0.390. The van der Waals surface area contributed by atoms with Gasteiger partial charge in [-0.3, -0.25) is 10.1 Å². The maximum absolute atomic E-state index is 11.7. The molecule has 0 aliphatic rings. The molecule has 0 unspecified atom stereocenters. The topological polar surface area (TPSA) is 93.8 Å². The molecule has 0 bridgehead atoms. The molecule has 0 radical (unpaired) electrons. The number of nitrogens with two attached hydrogens (primary N) is 1. The Kier molecular flexibility index (Phi) is 2.97. The molecule has 0 spiro atoms. The highest BCUT2D eigenvalue weighted by Gasteiger charge is 2.12. The molecule has 2 rings (SSSR count). The van der Waals surface area contributed by atoms with Gasteiger partial charge in [-0.1, -0.05) is 21.2 Å². The Balaban J connectivity index is 2.24. The number of carbonyl (C=O) groups excluding carboxylic acids is 1. The van der Waals surface area contributed by atoms with E-state index in [0.717, 1.165) is 11.5 Å². The van der Waals surface area contributed by atoms with Crippen LogP contribution in [0, 0.1) is 0 Å². The molecule has 0 fully saturated rings. The molecule has 0 saturated heterocycles. The van der Waals surface area contributed by atoms with E-state index in [1.807, 2.05) is 0 Å². The van der Waals surface area contributed by atoms with Crippen LogP contribution in [0.2, 0.25) is 5.02 Å². The summed E-state index contributed by atoms with van der Waals surface area (Å²) >= 11 is 6.75. The van der Waals surface area contributed by atoms with Gasteiger partial charge in [-0.2, -0.15) is 0 Å². The van der Waals surface area contributed by atoms with Crippen LogP contribution in [-0.4, -0.2) is 20.7 Å². The Morgan fingerprint density at radius 2 is 2.31 bits per heavy atom. The third-order valence-corrected chi connectivity index (χ3v) is 2.53. The second-order valence-corrected chi connectivity index (χ2v) is 4.02. The van der Waals surface area contributed by atoms with Crippen molar-refractivity contribution in [2.75, 3.05) is 11.1 Å². The van der Waals surface area contributed by atoms with Crippen molar-refractivity contribution in [3.63, 3.8) is 0 Å². The lowest BCUT2D eigenvalue weighted by atomic mass is 10.2. The molecule has 1 aromatic heterocycles. The van der Waals surface area contributed by atoms with Gasteiger partial charge >= 0.3 is 0 Å². The van der Waals surface area contributed by atoms with Crippen molar-refractivity contribution in [2.45, 2.75) is 0 Å². The highest BCUT2D eigenvalue weighted by molar-refractivity contribution is 7.09. The van der Waals surface area contributed by atoms with Crippen molar-refractivity contribution < 1.29 is 4.79 Å². The fourth-order valence-electron chi connectivity index (χ4n) is 1.07. The molecule has 1 amide bonds. The maximum Gasteiger partial charge on any atom is 0.259 e. The Labute approximate surface area is 99.6 Å². The number of carbonyl (C=O) groups is 1. The summed E-state index contributed by atoms with van der Waals surface area (Å²) in [7, 11) is 0. The van der Waals surface area contributed by atoms with Crippen LogP contribution in [0.15, 0.2) is 18.2 Å². The normalized spacial score (nSPS) is 10.1. The lowest BCUT2D eigenvalue weighted by molar-refractivity contribution is 0.102. The Morgan fingerprint density at radius 3 is 3.00 bits per heavy atom. The molecule has 6 nitrogen and oxygen atoms in total. The zero-order valence-electron chi connectivity index (χ0n) is 7.85. The van der Waals surface area contributed by atoms with E-state index < -0.39 is 5.91 Å². The Bertz CT molecular complexity index is 515. The van der Waals surface area contributed by atoms with Gasteiger partial charge < -0.3 is 5.73 Å². The summed E-state index contributed by atoms with van der Waals surface area (Å²) in [4.78, 5) is 11.7. The molecular weight excluding hydrogens is 250 g/mol. The fourth-order valence-corrected chi connectivity index (χ4v) is 1.61. The Hall–Kier alpha value is -1.73. The van der Waals surface area contributed by atoms with E-state index in [9.17, 15) is 4.79 Å². The number of amides is 1. The largest absolute Gasteiger partial charge is 0.398 e. The summed E-state index contributed by atoms with van der Waals surface area (Å²) < 4.78 is 3.52. The fraction of sp³-hybridized carbons (Fsp3) is 0. The lowest BCUT2D eigenvalue weighted by Crippen LogP contribution is -2.13. The van der Waals surface area contributed by atoms with E-state index in [1.165, 1.54) is 6.07 Å². The van der Waals surface area contributed by atoms with E-state index in [2.05, 4.69) is 20.1 Å². The molecule has 3 N–H and O–H groups in total. The van der Waals surface area contributed by atoms with Gasteiger partial charge in [0.2, 0.25) is 5.13 Å². The van der Waals surface area contributed by atoms with Crippen LogP contribution in [0.4, 0.5) is 10.8 Å². The quantitative estimate of drug-likeness (QED) is 0.792. The number of rotatable bonds is 2. The predicted octanol–water partition coefficient (Wildman–Crippen LogP) is 1.42. The highest BCUT2D eigenvalue weighted by Crippen LogP contribution is 2.19. The molecular formula is C8H6ClN5OS. The van der Waals surface area contributed by atoms with Crippen molar-refractivity contribution in [3.8, 4) is 0 Å². The lowest BCUT2D eigenvalue weighted by Gasteiger charge is -2.04. The standard InChI is InChI=1S/C8H6ClN5OS/c9-4-1-2-6(10)5(3-4)7(15)11-8-12-13-14-16-8/h1-3H,10H2,(H,11,12,14,15). The van der Waals surface area contributed by atoms with Crippen LogP contribution in [0.1, 0.15) is 10.4 Å². The van der Waals surface area contributed by atoms with Crippen LogP contribution >= 0.6 is 23.1 Å². The first kappa shape index (κ1) is 10.8. The SMILES string of the molecule is Nc1ccc(Cl)cc1C(=O)Nc1nnns1. The smallest absolute Gasteiger partial charge is 0.259 e. The summed E-state index contributed by atoms with van der Waals surface area (Å²) in [5.41, 5.74) is 6.29. The van der Waals surface area contributed by atoms with Crippen molar-refractivity contribution in [1.29, 1.82) is 0 Å². The monoisotopic (exact) mass is 255 g/mol. The van der Waals surface area contributed by atoms with Crippen molar-refractivity contribution >= 4 is 39.9 Å². The molecule has 0 atom stereocenters. The van der Waals surface area contributed by atoms with Gasteiger partial charge in [-0.05, 0) is 23.4 Å². The van der Waals surface area contributed by atoms with Crippen molar-refractivity contribution in [1.82, 2.24) is 14.8 Å². The van der Waals surface area contributed by atoms with E-state index in [1.54, 1.807) is 12.1 Å². The van der Waals surface area contributed by atoms with Gasteiger partial charge in [0.1, 0.15) is 0 Å². The minimum Gasteiger partial charge on any atom is -0.398 e. The van der Waals surface area contributed by atoms with Crippen LogP contribution in [0.25, 0.3) is 0 Å². The molecule has 16 heavy (non-hydrogen) atoms. The number of nitrogens with zero attached hydrogens (tertiary/aromatic N) is 3. The average Bonchev–Trinajstić information content (AvgIpc) is 2.74. The second kappa shape index (κ2) is 4.42. The summed E-state index contributed by atoms with van der Waals surface area (Å²) in [5.74, 6) is -0.390. The van der Waals surface area contributed by atoms with E-state index >= 15 is 0 Å². The van der Waals surface area contributed by atoms with Gasteiger partial charge in [-0.15, -0.1) is 0 Å². The van der Waals surface area contributed by atoms with E-state index in [0.29, 0.717) is 21.4 Å². The molecule has 0 saturated carbocycles. The molecule has 1 heterocycles. The molecule has 0 aliphatic heterocycles. The number of aromatic nitrogens is 3. The third kappa shape index (κ3) is 2.26. The highest BCUT2D eigenvalue weighted by atomic mass is 35.5. The number of halogens is 1. The molecule has 2 aromatic rings. The van der Waals surface area contributed by atoms with E-state index in [4.69, 9.17) is 17.3 Å². The van der Waals surface area contributed by atoms with Gasteiger partial charge in [0.05, 0.1) is 5.56 Å². The number of anilines is 2. The first-order valence-corrected chi connectivity index (χ1v) is 5.33. The summed E-state index contributed by atoms with van der Waals surface area (Å²) in [6.45, 7) is 0. The zero-order chi connectivity index (χ0) is 11.5. The van der Waals surface area contributed by atoms with Gasteiger partial charge in [0.25, 0.3) is 5.91 Å². The summed E-state index contributed by atoms with van der Waals surface area (Å²) in [6, 6.07) is 4.66. The Morgan fingerprint density at radius 1 is 1.50 bits per heavy atom. The third-order valence-electron chi connectivity index (χ3n) is 1.78. The number of nitrogen functional groups attached to an aromatic ring is 1. The van der Waals surface area contributed by atoms with Crippen LogP contribution in [0.3, 0.4) is 0 Å². The summed E-state index contributed by atoms with van der Waals surface area (Å²) in [6.07, 6.45) is 0. The van der Waals surface area contributed by atoms with Gasteiger partial charge in [0.15, 0.2) is 0 Å². The van der Waals surface area contributed by atoms with Gasteiger partial charge in [0, 0.05) is 22.2 Å². The molecule has 8 heteroatoms. The first-order valence-electron chi connectivity index (χ1n) is 4.18. The molecule has 0 aliphatic carbocycles. The van der Waals surface area contributed by atoms with Crippen LogP contribution in [0.5, 0.6) is 0 Å². The minimum absolute atomic E-state index is 0.294. The van der Waals surface area contributed by atoms with E-state index in [-0.39, 0.29) is 0 Å². The average molecular weight is 256 g/mol. The first-order chi connectivity index (χ1) is 7.66. The molecule has 1 aromatic carbocycles. The van der Waals surface area contributed by atoms with Crippen LogP contribution in [-0.2, 0) is 0 Å². The zero-order valence-corrected chi connectivity index (χ0v) is 9.42. The maximum atomic E-state index is 11.7. The number of hydrogen-bond acceptors (Lipinski definition) is 6.